The van der Waals surface area contributed by atoms with Gasteiger partial charge in [-0.1, -0.05) is 0 Å². The van der Waals surface area contributed by atoms with Gasteiger partial charge < -0.3 is 0 Å². The maximum atomic E-state index is 10.9. The van der Waals surface area contributed by atoms with Crippen molar-refractivity contribution in [1.29, 1.82) is 0 Å². The number of benzene rings is 1. The van der Waals surface area contributed by atoms with E-state index in [0.29, 0.717) is 0 Å². The molecule has 0 aromatic heterocycles. The van der Waals surface area contributed by atoms with Gasteiger partial charge in [0.05, 0.1) is 0 Å². The Morgan fingerprint density at radius 2 is 2.00 bits per heavy atom. The van der Waals surface area contributed by atoms with E-state index in [1.807, 2.05) is 6.92 Å². The first-order chi connectivity index (χ1) is 5.41. The number of rotatable bonds is 1. The summed E-state index contributed by atoms with van der Waals surface area (Å²) in [5, 5.41) is 4.96. The Morgan fingerprint density at radius 1 is 1.42 bits per heavy atom. The summed E-state index contributed by atoms with van der Waals surface area (Å²) in [6, 6.07) is 4.95. The van der Waals surface area contributed by atoms with Crippen LogP contribution in [-0.2, 0) is 10.0 Å². The van der Waals surface area contributed by atoms with Gasteiger partial charge in [0.25, 0.3) is 0 Å². The molecule has 0 heterocycles. The molecule has 0 atom stereocenters. The molecule has 1 rings (SSSR count). The summed E-state index contributed by atoms with van der Waals surface area (Å²) >= 11 is 0.838. The molecule has 0 spiro atoms. The summed E-state index contributed by atoms with van der Waals surface area (Å²) in [6.45, 7) is 1.95. The van der Waals surface area contributed by atoms with Crippen LogP contribution in [0.1, 0.15) is 5.56 Å². The van der Waals surface area contributed by atoms with Gasteiger partial charge in [-0.25, -0.2) is 0 Å². The second-order valence-corrected chi connectivity index (χ2v) is 5.43. The Labute approximate surface area is 89.4 Å². The summed E-state index contributed by atoms with van der Waals surface area (Å²) in [6.07, 6.45) is 0. The molecule has 0 aliphatic carbocycles. The molecule has 0 bridgehead atoms. The third-order valence-corrected chi connectivity index (χ3v) is 3.80. The first-order valence-electron chi connectivity index (χ1n) is 3.51. The van der Waals surface area contributed by atoms with Crippen LogP contribution in [0.2, 0.25) is 0 Å². The molecule has 1 aromatic carbocycles. The van der Waals surface area contributed by atoms with E-state index in [0.717, 1.165) is 36.3 Å². The van der Waals surface area contributed by atoms with Crippen LogP contribution in [0.3, 0.4) is 0 Å². The monoisotopic (exact) mass is 193 g/mol. The molecule has 2 N–H and O–H groups in total. The molecule has 0 saturated heterocycles. The van der Waals surface area contributed by atoms with Crippen LogP contribution in [-0.4, -0.2) is 36.3 Å². The van der Waals surface area contributed by atoms with Crippen molar-refractivity contribution in [3.05, 3.63) is 23.8 Å². The molecule has 0 aliphatic rings. The summed E-state index contributed by atoms with van der Waals surface area (Å²) in [4.78, 5) is 0.207. The Morgan fingerprint density at radius 3 is 2.42 bits per heavy atom. The number of hydrogen-bond donors (Lipinski definition) is 1. The number of sulfonamides is 1. The van der Waals surface area contributed by atoms with Crippen LogP contribution in [0, 0.1) is 6.92 Å². The Bertz CT molecular complexity index is 400. The molecule has 12 heavy (non-hydrogen) atoms. The van der Waals surface area contributed by atoms with E-state index in [1.165, 1.54) is 6.07 Å². The van der Waals surface area contributed by atoms with E-state index in [9.17, 15) is 8.42 Å². The van der Waals surface area contributed by atoms with Gasteiger partial charge in [0.1, 0.15) is 0 Å². The first kappa shape index (κ1) is 10.2. The number of nitrogens with two attached hydrogens (primary N) is 1. The van der Waals surface area contributed by atoms with E-state index >= 15 is 0 Å². The molecule has 0 aliphatic heterocycles. The SMILES string of the molecule is Cc1ccc(S(N)(=O)=O)c[c]1[Na]. The average molecular weight is 193 g/mol. The standard InChI is InChI=1S/C7H8NO2S.Na/c1-6-2-4-7(5-3-6)11(8,9)10;/h2,4-5H,1H3,(H2,8,9,10);. The third kappa shape index (κ3) is 2.31. The Balaban J connectivity index is 3.33. The molecule has 0 fully saturated rings. The van der Waals surface area contributed by atoms with Crippen molar-refractivity contribution in [2.24, 2.45) is 5.14 Å². The van der Waals surface area contributed by atoms with Crippen molar-refractivity contribution >= 4 is 40.8 Å². The predicted molar refractivity (Wildman–Crippen MR) is 47.9 cm³/mol. The zero-order valence-electron chi connectivity index (χ0n) is 7.03. The Kier molecular flexibility index (Phi) is 2.96. The van der Waals surface area contributed by atoms with Gasteiger partial charge in [0, 0.05) is 0 Å². The summed E-state index contributed by atoms with van der Waals surface area (Å²) in [5.41, 5.74) is 1.12. The summed E-state index contributed by atoms with van der Waals surface area (Å²) < 4.78 is 22.9. The van der Waals surface area contributed by atoms with Crippen LogP contribution < -0.4 is 7.95 Å². The summed E-state index contributed by atoms with van der Waals surface area (Å²) in [5.74, 6) is 0. The van der Waals surface area contributed by atoms with Crippen LogP contribution in [0.5, 0.6) is 0 Å². The molecule has 0 unspecified atom stereocenters. The van der Waals surface area contributed by atoms with Crippen molar-refractivity contribution < 1.29 is 8.42 Å². The number of aryl methyl sites for hydroxylation is 1. The molecule has 0 saturated carbocycles. The van der Waals surface area contributed by atoms with Gasteiger partial charge in [-0.2, -0.15) is 0 Å². The Hall–Kier alpha value is 0.130. The van der Waals surface area contributed by atoms with Gasteiger partial charge in [-0.15, -0.1) is 0 Å². The normalized spacial score (nSPS) is 11.7. The zero-order chi connectivity index (χ0) is 9.35. The van der Waals surface area contributed by atoms with E-state index in [-0.39, 0.29) is 4.90 Å². The number of primary sulfonamides is 1. The van der Waals surface area contributed by atoms with Crippen LogP contribution >= 0.6 is 0 Å². The van der Waals surface area contributed by atoms with Crippen molar-refractivity contribution in [1.82, 2.24) is 0 Å². The first-order valence-corrected chi connectivity index (χ1v) is 6.06. The third-order valence-electron chi connectivity index (χ3n) is 1.81. The number of hydrogen-bond acceptors (Lipinski definition) is 2. The van der Waals surface area contributed by atoms with Crippen LogP contribution in [0.25, 0.3) is 0 Å². The van der Waals surface area contributed by atoms with E-state index in [2.05, 4.69) is 0 Å². The van der Waals surface area contributed by atoms with Gasteiger partial charge in [0.15, 0.2) is 0 Å². The second-order valence-electron chi connectivity index (χ2n) is 2.79. The van der Waals surface area contributed by atoms with Crippen molar-refractivity contribution in [3.8, 4) is 0 Å². The molecular weight excluding hydrogens is 185 g/mol. The zero-order valence-corrected chi connectivity index (χ0v) is 9.85. The molecule has 5 heteroatoms. The van der Waals surface area contributed by atoms with Gasteiger partial charge in [-0.3, -0.25) is 0 Å². The van der Waals surface area contributed by atoms with Crippen molar-refractivity contribution in [2.45, 2.75) is 11.8 Å². The fourth-order valence-corrected chi connectivity index (χ4v) is 2.18. The van der Waals surface area contributed by atoms with E-state index < -0.39 is 10.0 Å². The summed E-state index contributed by atoms with van der Waals surface area (Å²) in [7, 11) is -3.52. The fraction of sp³-hybridized carbons (Fsp3) is 0.143. The maximum absolute atomic E-state index is 10.9. The molecule has 3 nitrogen and oxygen atoms in total. The quantitative estimate of drug-likeness (QED) is 0.607. The van der Waals surface area contributed by atoms with Crippen LogP contribution in [0.15, 0.2) is 23.1 Å². The van der Waals surface area contributed by atoms with E-state index in [1.54, 1.807) is 12.1 Å². The second kappa shape index (κ2) is 3.47. The van der Waals surface area contributed by atoms with E-state index in [4.69, 9.17) is 5.14 Å². The van der Waals surface area contributed by atoms with Gasteiger partial charge in [-0.05, 0) is 0 Å². The molecule has 1 aromatic rings. The fourth-order valence-electron chi connectivity index (χ4n) is 0.891. The molecule has 0 radical (unpaired) electrons. The topological polar surface area (TPSA) is 60.2 Å². The van der Waals surface area contributed by atoms with Crippen molar-refractivity contribution in [3.63, 3.8) is 0 Å². The predicted octanol–water partition coefficient (Wildman–Crippen LogP) is -0.564. The van der Waals surface area contributed by atoms with Crippen LogP contribution in [0.4, 0.5) is 0 Å². The molecule has 60 valence electrons. The van der Waals surface area contributed by atoms with Gasteiger partial charge >= 0.3 is 89.9 Å². The minimum atomic E-state index is -3.52. The molecular formula is C7H8NNaO2S. The minimum absolute atomic E-state index is 0.207. The van der Waals surface area contributed by atoms with Crippen molar-refractivity contribution in [2.75, 3.05) is 0 Å². The molecule has 0 amide bonds. The average Bonchev–Trinajstić information content (AvgIpc) is 1.92. The van der Waals surface area contributed by atoms with Gasteiger partial charge in [0.2, 0.25) is 0 Å².